The predicted octanol–water partition coefficient (Wildman–Crippen LogP) is 6.34. The summed E-state index contributed by atoms with van der Waals surface area (Å²) in [5.41, 5.74) is 2.80. The molecule has 4 aliphatic carbocycles. The predicted molar refractivity (Wildman–Crippen MR) is 144 cm³/mol. The second-order valence-electron chi connectivity index (χ2n) is 11.3. The van der Waals surface area contributed by atoms with E-state index in [9.17, 15) is 4.79 Å². The van der Waals surface area contributed by atoms with Crippen molar-refractivity contribution in [3.05, 3.63) is 113 Å². The number of ketones is 2. The second-order valence-corrected chi connectivity index (χ2v) is 11.3. The van der Waals surface area contributed by atoms with E-state index in [4.69, 9.17) is 9.47 Å². The zero-order chi connectivity index (χ0) is 25.6. The van der Waals surface area contributed by atoms with Gasteiger partial charge in [-0.2, -0.15) is 0 Å². The van der Waals surface area contributed by atoms with Gasteiger partial charge in [0.15, 0.2) is 5.78 Å². The molecule has 5 aliphatic rings. The maximum absolute atomic E-state index is 15.1. The fourth-order valence-electron chi connectivity index (χ4n) is 8.16. The summed E-state index contributed by atoms with van der Waals surface area (Å²) in [7, 11) is 0. The third-order valence-electron chi connectivity index (χ3n) is 9.53. The molecule has 9 rings (SSSR count). The van der Waals surface area contributed by atoms with Crippen molar-refractivity contribution in [3.63, 3.8) is 0 Å². The minimum atomic E-state index is -1.30. The molecule has 1 fully saturated rings. The third kappa shape index (κ3) is 2.50. The van der Waals surface area contributed by atoms with Gasteiger partial charge >= 0.3 is 0 Å². The van der Waals surface area contributed by atoms with Gasteiger partial charge in [0.1, 0.15) is 11.5 Å². The molecule has 0 unspecified atom stereocenters. The molecular weight excluding hydrogens is 472 g/mol. The number of rotatable bonds is 3. The Balaban J connectivity index is 1.52. The van der Waals surface area contributed by atoms with Crippen molar-refractivity contribution in [2.75, 3.05) is 6.61 Å². The van der Waals surface area contributed by atoms with Gasteiger partial charge in [-0.25, -0.2) is 0 Å². The Kier molecular flexibility index (Phi) is 4.47. The number of carbonyl (C=O) groups is 2. The first-order valence-corrected chi connectivity index (χ1v) is 13.7. The highest BCUT2D eigenvalue weighted by atomic mass is 16.5. The molecule has 1 saturated carbocycles. The average Bonchev–Trinajstić information content (AvgIpc) is 3.04. The van der Waals surface area contributed by atoms with Crippen LogP contribution in [0.15, 0.2) is 84.9 Å². The fourth-order valence-corrected chi connectivity index (χ4v) is 8.16. The smallest absolute Gasteiger partial charge is 0.203 e. The summed E-state index contributed by atoms with van der Waals surface area (Å²) >= 11 is 0. The summed E-state index contributed by atoms with van der Waals surface area (Å²) < 4.78 is 13.6. The summed E-state index contributed by atoms with van der Waals surface area (Å²) in [4.78, 5) is 29.4. The first-order chi connectivity index (χ1) is 18.6. The van der Waals surface area contributed by atoms with E-state index in [1.54, 1.807) is 0 Å². The largest absolute Gasteiger partial charge is 0.473 e. The minimum absolute atomic E-state index is 0.0110. The first-order valence-electron chi connectivity index (χ1n) is 13.7. The molecule has 38 heavy (non-hydrogen) atoms. The number of hydrogen-bond acceptors (Lipinski definition) is 4. The summed E-state index contributed by atoms with van der Waals surface area (Å²) in [5.74, 6) is -0.321. The Morgan fingerprint density at radius 2 is 1.58 bits per heavy atom. The van der Waals surface area contributed by atoms with Gasteiger partial charge in [0.2, 0.25) is 5.60 Å². The molecule has 0 aromatic heterocycles. The number of ether oxygens (including phenoxy) is 2. The highest BCUT2D eigenvalue weighted by molar-refractivity contribution is 6.07. The molecule has 4 heteroatoms. The van der Waals surface area contributed by atoms with Crippen molar-refractivity contribution in [3.8, 4) is 5.75 Å². The molecule has 1 aliphatic heterocycles. The first kappa shape index (κ1) is 22.2. The summed E-state index contributed by atoms with van der Waals surface area (Å²) in [6.07, 6.45) is 1.18. The van der Waals surface area contributed by atoms with E-state index < -0.39 is 29.0 Å². The molecule has 4 bridgehead atoms. The van der Waals surface area contributed by atoms with E-state index in [-0.39, 0.29) is 18.0 Å². The SMILES string of the molecule is CCCO[C@H]1c2ccccc2[C@]23Oc4ccc5ccccc5c4C[C@]24CC(=O)[C@@H](c2ccccc24)[C@H]1C3=O. The molecule has 2 spiro atoms. The van der Waals surface area contributed by atoms with Crippen LogP contribution in [0.4, 0.5) is 0 Å². The summed E-state index contributed by atoms with van der Waals surface area (Å²) in [5, 5.41) is 2.24. The molecule has 1 heterocycles. The quantitative estimate of drug-likeness (QED) is 0.329. The molecule has 5 atom stereocenters. The van der Waals surface area contributed by atoms with E-state index in [2.05, 4.69) is 43.3 Å². The monoisotopic (exact) mass is 500 g/mol. The van der Waals surface area contributed by atoms with Crippen molar-refractivity contribution < 1.29 is 19.1 Å². The molecule has 188 valence electrons. The van der Waals surface area contributed by atoms with Crippen LogP contribution in [-0.2, 0) is 31.8 Å². The van der Waals surface area contributed by atoms with Crippen molar-refractivity contribution in [2.45, 2.75) is 49.2 Å². The van der Waals surface area contributed by atoms with Gasteiger partial charge in [-0.3, -0.25) is 9.59 Å². The van der Waals surface area contributed by atoms with E-state index in [0.29, 0.717) is 13.0 Å². The number of Topliss-reactive ketones (excluding diaryl/α,β-unsaturated/α-hetero) is 2. The Morgan fingerprint density at radius 1 is 0.842 bits per heavy atom. The third-order valence-corrected chi connectivity index (χ3v) is 9.53. The van der Waals surface area contributed by atoms with Crippen LogP contribution in [0.5, 0.6) is 5.75 Å². The van der Waals surface area contributed by atoms with Gasteiger partial charge in [-0.15, -0.1) is 0 Å². The van der Waals surface area contributed by atoms with Gasteiger partial charge < -0.3 is 9.47 Å². The normalized spacial score (nSPS) is 30.1. The Labute approximate surface area is 221 Å². The Morgan fingerprint density at radius 3 is 2.42 bits per heavy atom. The zero-order valence-electron chi connectivity index (χ0n) is 21.3. The molecule has 0 amide bonds. The van der Waals surface area contributed by atoms with Crippen LogP contribution < -0.4 is 4.74 Å². The highest BCUT2D eigenvalue weighted by Gasteiger charge is 2.74. The van der Waals surface area contributed by atoms with Gasteiger partial charge in [-0.1, -0.05) is 85.8 Å². The highest BCUT2D eigenvalue weighted by Crippen LogP contribution is 2.67. The van der Waals surface area contributed by atoms with Crippen molar-refractivity contribution in [1.29, 1.82) is 0 Å². The molecule has 0 N–H and O–H groups in total. The van der Waals surface area contributed by atoms with Crippen molar-refractivity contribution in [2.24, 2.45) is 5.92 Å². The summed E-state index contributed by atoms with van der Waals surface area (Å²) in [6.45, 7) is 2.59. The van der Waals surface area contributed by atoms with E-state index in [1.807, 2.05) is 48.5 Å². The molecule has 0 saturated heterocycles. The van der Waals surface area contributed by atoms with E-state index >= 15 is 4.79 Å². The lowest BCUT2D eigenvalue weighted by Gasteiger charge is -2.55. The lowest BCUT2D eigenvalue weighted by molar-refractivity contribution is -0.157. The zero-order valence-corrected chi connectivity index (χ0v) is 21.3. The fraction of sp³-hybridized carbons (Fsp3) is 0.294. The summed E-state index contributed by atoms with van der Waals surface area (Å²) in [6, 6.07) is 28.7. The van der Waals surface area contributed by atoms with E-state index in [1.165, 1.54) is 0 Å². The number of hydrogen-bond donors (Lipinski definition) is 0. The van der Waals surface area contributed by atoms with Gasteiger partial charge in [0.25, 0.3) is 0 Å². The maximum Gasteiger partial charge on any atom is 0.203 e. The molecule has 4 nitrogen and oxygen atoms in total. The van der Waals surface area contributed by atoms with Gasteiger partial charge in [0.05, 0.1) is 23.4 Å². The van der Waals surface area contributed by atoms with Crippen LogP contribution in [-0.4, -0.2) is 18.2 Å². The Hall–Kier alpha value is -3.76. The average molecular weight is 501 g/mol. The van der Waals surface area contributed by atoms with Crippen molar-refractivity contribution >= 4 is 22.3 Å². The molecule has 0 radical (unpaired) electrons. The van der Waals surface area contributed by atoms with Crippen molar-refractivity contribution in [1.82, 2.24) is 0 Å². The maximum atomic E-state index is 15.1. The number of fused-ring (bicyclic) bond motifs is 5. The lowest BCUT2D eigenvalue weighted by atomic mass is 9.54. The van der Waals surface area contributed by atoms with Gasteiger partial charge in [-0.05, 0) is 46.4 Å². The topological polar surface area (TPSA) is 52.6 Å². The van der Waals surface area contributed by atoms with Gasteiger partial charge in [0, 0.05) is 24.2 Å². The molecule has 4 aromatic carbocycles. The number of carbonyl (C=O) groups excluding carboxylic acids is 2. The minimum Gasteiger partial charge on any atom is -0.473 e. The Bertz CT molecular complexity index is 1670. The number of benzene rings is 4. The standard InChI is InChI=1S/C34H28O4/c1-2-17-37-31-23-12-6-8-14-26(23)34-32(36)30(31)29-22-11-5-7-13-25(22)33(34,19-27(29)35)18-24-21-10-4-3-9-20(21)15-16-28(24)38-34/h3-16,29-31H,2,17-19H2,1H3/t29-,30-,31+,33-,34-/m1/s1. The second kappa shape index (κ2) is 7.64. The molecule has 4 aromatic rings. The van der Waals surface area contributed by atoms with Crippen LogP contribution in [0.25, 0.3) is 10.8 Å². The van der Waals surface area contributed by atoms with Crippen LogP contribution in [0, 0.1) is 5.92 Å². The van der Waals surface area contributed by atoms with E-state index in [0.717, 1.165) is 50.8 Å². The van der Waals surface area contributed by atoms with Crippen LogP contribution in [0.2, 0.25) is 0 Å². The van der Waals surface area contributed by atoms with Crippen LogP contribution in [0.1, 0.15) is 59.6 Å². The van der Waals surface area contributed by atoms with Crippen LogP contribution in [0.3, 0.4) is 0 Å². The lowest BCUT2D eigenvalue weighted by Crippen LogP contribution is -2.64. The molecular formula is C34H28O4. The van der Waals surface area contributed by atoms with Crippen LogP contribution >= 0.6 is 0 Å².